The Bertz CT molecular complexity index is 952. The summed E-state index contributed by atoms with van der Waals surface area (Å²) < 4.78 is 0. The van der Waals surface area contributed by atoms with Crippen LogP contribution in [-0.2, 0) is 0 Å². The van der Waals surface area contributed by atoms with Crippen LogP contribution in [0.15, 0.2) is 78.9 Å². The molecule has 0 radical (unpaired) electrons. The zero-order valence-corrected chi connectivity index (χ0v) is 13.1. The van der Waals surface area contributed by atoms with Gasteiger partial charge in [-0.25, -0.2) is 0 Å². The molecule has 3 nitrogen and oxygen atoms in total. The molecule has 24 heavy (non-hydrogen) atoms. The topological polar surface area (TPSA) is 54.4 Å². The highest BCUT2D eigenvalue weighted by Gasteiger charge is 2.36. The molecule has 3 aromatic carbocycles. The molecule has 114 valence electrons. The van der Waals surface area contributed by atoms with Crippen LogP contribution in [-0.4, -0.2) is 5.84 Å². The van der Waals surface area contributed by atoms with Gasteiger partial charge < -0.3 is 0 Å². The Labute approximate surface area is 140 Å². The fourth-order valence-corrected chi connectivity index (χ4v) is 2.98. The summed E-state index contributed by atoms with van der Waals surface area (Å²) in [7, 11) is 0. The molecule has 0 aliphatic carbocycles. The van der Waals surface area contributed by atoms with Gasteiger partial charge >= 0.3 is 12.0 Å². The molecule has 0 amide bonds. The second kappa shape index (κ2) is 6.11. The molecule has 3 N–H and O–H groups in total. The Morgan fingerprint density at radius 2 is 1.46 bits per heavy atom. The number of nitriles is 1. The summed E-state index contributed by atoms with van der Waals surface area (Å²) in [5.74, 6) is 1.18. The lowest BCUT2D eigenvalue weighted by atomic mass is 9.99. The van der Waals surface area contributed by atoms with Crippen LogP contribution in [0.4, 0.5) is 0 Å². The SMILES string of the molecule is N#Cc1cccc(-c2cccc(C3[NH+]=C(c4ccccc4)[NH2+]3)c2)c1. The van der Waals surface area contributed by atoms with Gasteiger partial charge in [-0.2, -0.15) is 10.6 Å². The predicted octanol–water partition coefficient (Wildman–Crippen LogP) is 1.33. The molecule has 0 saturated heterocycles. The van der Waals surface area contributed by atoms with Gasteiger partial charge in [0.2, 0.25) is 0 Å². The summed E-state index contributed by atoms with van der Waals surface area (Å²) in [6.45, 7) is 0. The highest BCUT2D eigenvalue weighted by molar-refractivity contribution is 5.87. The van der Waals surface area contributed by atoms with Crippen molar-refractivity contribution < 1.29 is 10.3 Å². The van der Waals surface area contributed by atoms with Gasteiger partial charge in [0, 0.05) is 0 Å². The van der Waals surface area contributed by atoms with Crippen LogP contribution in [0.25, 0.3) is 11.1 Å². The van der Waals surface area contributed by atoms with Crippen molar-refractivity contribution in [2.45, 2.75) is 6.17 Å². The van der Waals surface area contributed by atoms with E-state index in [2.05, 4.69) is 52.8 Å². The molecule has 0 bridgehead atoms. The number of nitrogen functional groups attached to an aromatic ring is 1. The monoisotopic (exact) mass is 311 g/mol. The molecule has 4 rings (SSSR count). The van der Waals surface area contributed by atoms with Crippen LogP contribution >= 0.6 is 0 Å². The molecular weight excluding hydrogens is 294 g/mol. The van der Waals surface area contributed by atoms with Crippen LogP contribution in [0.1, 0.15) is 22.9 Å². The van der Waals surface area contributed by atoms with Crippen molar-refractivity contribution in [3.63, 3.8) is 0 Å². The molecule has 1 aliphatic heterocycles. The van der Waals surface area contributed by atoms with Crippen LogP contribution in [0, 0.1) is 11.3 Å². The second-order valence-corrected chi connectivity index (χ2v) is 5.89. The highest BCUT2D eigenvalue weighted by Crippen LogP contribution is 2.22. The van der Waals surface area contributed by atoms with Crippen molar-refractivity contribution in [3.8, 4) is 17.2 Å². The summed E-state index contributed by atoms with van der Waals surface area (Å²) in [5.41, 5.74) is 5.34. The largest absolute Gasteiger partial charge is 0.376 e. The standard InChI is InChI=1S/C21H15N3/c22-14-15-6-4-9-17(12-15)18-10-5-11-19(13-18)21-23-20(24-21)16-7-2-1-3-8-16/h1-13,21H,(H,23,24)/p+2. The number of rotatable bonds is 3. The van der Waals surface area contributed by atoms with Crippen molar-refractivity contribution in [1.29, 1.82) is 5.26 Å². The first-order valence-corrected chi connectivity index (χ1v) is 7.98. The van der Waals surface area contributed by atoms with E-state index in [0.29, 0.717) is 5.56 Å². The summed E-state index contributed by atoms with van der Waals surface area (Å²) in [6.07, 6.45) is 0.235. The third-order valence-electron chi connectivity index (χ3n) is 4.30. The number of nitrogens with zero attached hydrogens (tertiary/aromatic N) is 1. The molecule has 1 atom stereocenters. The van der Waals surface area contributed by atoms with E-state index < -0.39 is 0 Å². The zero-order chi connectivity index (χ0) is 16.4. The average Bonchev–Trinajstić information content (AvgIpc) is 2.62. The van der Waals surface area contributed by atoms with Crippen molar-refractivity contribution >= 4 is 5.84 Å². The van der Waals surface area contributed by atoms with Crippen molar-refractivity contribution in [3.05, 3.63) is 95.6 Å². The highest BCUT2D eigenvalue weighted by atomic mass is 15.2. The van der Waals surface area contributed by atoms with Gasteiger partial charge in [-0.3, -0.25) is 0 Å². The van der Waals surface area contributed by atoms with E-state index in [9.17, 15) is 0 Å². The quantitative estimate of drug-likeness (QED) is 0.753. The first-order chi connectivity index (χ1) is 11.8. The Balaban J connectivity index is 1.61. The van der Waals surface area contributed by atoms with Gasteiger partial charge in [0.15, 0.2) is 0 Å². The second-order valence-electron chi connectivity index (χ2n) is 5.89. The van der Waals surface area contributed by atoms with E-state index in [0.717, 1.165) is 11.1 Å². The minimum absolute atomic E-state index is 0.235. The third kappa shape index (κ3) is 2.71. The van der Waals surface area contributed by atoms with E-state index in [-0.39, 0.29) is 6.17 Å². The fourth-order valence-electron chi connectivity index (χ4n) is 2.98. The molecule has 0 spiro atoms. The lowest BCUT2D eigenvalue weighted by Gasteiger charge is -2.15. The van der Waals surface area contributed by atoms with Crippen LogP contribution in [0.3, 0.4) is 0 Å². The Morgan fingerprint density at radius 3 is 2.21 bits per heavy atom. The van der Waals surface area contributed by atoms with E-state index in [4.69, 9.17) is 5.26 Å². The van der Waals surface area contributed by atoms with E-state index in [1.165, 1.54) is 17.0 Å². The molecule has 0 aromatic heterocycles. The number of hydrogen-bond donors (Lipinski definition) is 2. The summed E-state index contributed by atoms with van der Waals surface area (Å²) in [6, 6.07) is 28.7. The lowest BCUT2D eigenvalue weighted by molar-refractivity contribution is -0.881. The van der Waals surface area contributed by atoms with Crippen LogP contribution < -0.4 is 10.3 Å². The molecular formula is C21H17N3+2. The maximum absolute atomic E-state index is 9.07. The molecule has 1 unspecified atom stereocenters. The maximum Gasteiger partial charge on any atom is 0.376 e. The summed E-state index contributed by atoms with van der Waals surface area (Å²) in [4.78, 5) is 3.52. The minimum atomic E-state index is 0.235. The number of quaternary nitrogens is 1. The van der Waals surface area contributed by atoms with Gasteiger partial charge in [-0.1, -0.05) is 42.5 Å². The number of nitrogens with two attached hydrogens (primary N) is 1. The minimum Gasteiger partial charge on any atom is -0.196 e. The maximum atomic E-state index is 9.07. The summed E-state index contributed by atoms with van der Waals surface area (Å²) in [5, 5.41) is 11.3. The van der Waals surface area contributed by atoms with E-state index >= 15 is 0 Å². The van der Waals surface area contributed by atoms with Gasteiger partial charge in [0.25, 0.3) is 0 Å². The zero-order valence-electron chi connectivity index (χ0n) is 13.1. The van der Waals surface area contributed by atoms with E-state index in [1.807, 2.05) is 42.5 Å². The Kier molecular flexibility index (Phi) is 3.66. The van der Waals surface area contributed by atoms with Crippen molar-refractivity contribution in [2.75, 3.05) is 0 Å². The smallest absolute Gasteiger partial charge is 0.196 e. The van der Waals surface area contributed by atoms with Crippen molar-refractivity contribution in [2.24, 2.45) is 0 Å². The number of benzene rings is 3. The van der Waals surface area contributed by atoms with Gasteiger partial charge in [0.1, 0.15) is 5.56 Å². The lowest BCUT2D eigenvalue weighted by Crippen LogP contribution is -3.20. The normalized spacial score (nSPS) is 16.0. The summed E-state index contributed by atoms with van der Waals surface area (Å²) >= 11 is 0. The van der Waals surface area contributed by atoms with Gasteiger partial charge in [-0.05, 0) is 47.5 Å². The molecule has 0 fully saturated rings. The Hall–Kier alpha value is -3.22. The number of hydrogen-bond acceptors (Lipinski definition) is 1. The predicted molar refractivity (Wildman–Crippen MR) is 92.8 cm³/mol. The average molecular weight is 311 g/mol. The van der Waals surface area contributed by atoms with Gasteiger partial charge in [0.05, 0.1) is 17.2 Å². The first-order valence-electron chi connectivity index (χ1n) is 7.98. The number of amidine groups is 1. The van der Waals surface area contributed by atoms with Crippen LogP contribution in [0.2, 0.25) is 0 Å². The van der Waals surface area contributed by atoms with Crippen LogP contribution in [0.5, 0.6) is 0 Å². The Morgan fingerprint density at radius 1 is 0.792 bits per heavy atom. The van der Waals surface area contributed by atoms with Gasteiger partial charge in [-0.15, -0.1) is 4.99 Å². The molecule has 3 aromatic rings. The first kappa shape index (κ1) is 14.4. The third-order valence-corrected chi connectivity index (χ3v) is 4.30. The van der Waals surface area contributed by atoms with Crippen molar-refractivity contribution in [1.82, 2.24) is 0 Å². The molecule has 1 aliphatic rings. The molecule has 0 saturated carbocycles. The molecule has 1 heterocycles. The number of nitrogens with one attached hydrogen (secondary N) is 1. The molecule has 3 heteroatoms. The van der Waals surface area contributed by atoms with E-state index in [1.54, 1.807) is 0 Å². The fraction of sp³-hybridized carbons (Fsp3) is 0.0476.